The van der Waals surface area contributed by atoms with Crippen molar-refractivity contribution in [3.05, 3.63) is 24.3 Å². The first-order chi connectivity index (χ1) is 31.8. The summed E-state index contributed by atoms with van der Waals surface area (Å²) in [6.07, 6.45) is 19.5. The van der Waals surface area contributed by atoms with Crippen molar-refractivity contribution in [2.75, 3.05) is 13.2 Å². The number of hydrogen-bond donors (Lipinski definition) is 8. The van der Waals surface area contributed by atoms with E-state index in [1.807, 2.05) is 0 Å². The molecule has 1 rings (SSSR count). The molecule has 70 heavy (non-hydrogen) atoms. The fourth-order valence-electron chi connectivity index (χ4n) is 7.50. The fourth-order valence-corrected chi connectivity index (χ4v) is 9.56. The molecule has 22 nitrogen and oxygen atoms in total. The van der Waals surface area contributed by atoms with Crippen molar-refractivity contribution in [1.29, 1.82) is 0 Å². The van der Waals surface area contributed by atoms with E-state index >= 15 is 0 Å². The van der Waals surface area contributed by atoms with Crippen LogP contribution in [0.25, 0.3) is 0 Å². The summed E-state index contributed by atoms with van der Waals surface area (Å²) < 4.78 is 64.4. The third-order valence-electron chi connectivity index (χ3n) is 11.2. The molecule has 0 aromatic heterocycles. The lowest BCUT2D eigenvalue weighted by molar-refractivity contribution is -0.280. The summed E-state index contributed by atoms with van der Waals surface area (Å²) in [5.74, 6) is -1.37. The quantitative estimate of drug-likeness (QED) is 0.0123. The molecule has 0 radical (unpaired) electrons. The second-order valence-corrected chi connectivity index (χ2v) is 21.0. The lowest BCUT2D eigenvalue weighted by Crippen LogP contribution is -2.65. The van der Waals surface area contributed by atoms with Crippen LogP contribution in [0.2, 0.25) is 0 Å². The molecule has 0 aliphatic heterocycles. The molecule has 3 unspecified atom stereocenters. The number of hydrogen-bond acceptors (Lipinski definition) is 17. The van der Waals surface area contributed by atoms with Gasteiger partial charge < -0.3 is 85.8 Å². The van der Waals surface area contributed by atoms with Crippen LogP contribution in [0.5, 0.6) is 0 Å². The maximum atomic E-state index is 13.0. The molecule has 0 heterocycles. The maximum Gasteiger partial charge on any atom is 0.306 e. The van der Waals surface area contributed by atoms with Crippen LogP contribution in [0, 0.1) is 0 Å². The van der Waals surface area contributed by atoms with Gasteiger partial charge in [-0.05, 0) is 64.2 Å². The Morgan fingerprint density at radius 3 is 1.23 bits per heavy atom. The predicted octanol–water partition coefficient (Wildman–Crippen LogP) is 8.30. The molecule has 0 amide bonds. The van der Waals surface area contributed by atoms with Crippen LogP contribution in [0.1, 0.15) is 194 Å². The normalized spacial score (nSPS) is 22.2. The van der Waals surface area contributed by atoms with Crippen molar-refractivity contribution in [3.8, 4) is 0 Å². The van der Waals surface area contributed by atoms with E-state index in [1.165, 1.54) is 77.0 Å². The van der Waals surface area contributed by atoms with E-state index in [2.05, 4.69) is 47.2 Å². The van der Waals surface area contributed by atoms with E-state index in [9.17, 15) is 58.2 Å². The van der Waals surface area contributed by atoms with Crippen molar-refractivity contribution < 1.29 is 90.6 Å². The summed E-state index contributed by atoms with van der Waals surface area (Å²) in [7, 11) is -17.5. The maximum absolute atomic E-state index is 13.0. The molecule has 1 aliphatic rings. The van der Waals surface area contributed by atoms with Gasteiger partial charge in [-0.25, -0.2) is 0 Å². The topological polar surface area (TPSA) is 421 Å². The van der Waals surface area contributed by atoms with E-state index in [4.69, 9.17) is 23.4 Å². The third kappa shape index (κ3) is 38.1. The lowest BCUT2D eigenvalue weighted by atomic mass is 9.85. The molecule has 0 saturated heterocycles. The zero-order valence-corrected chi connectivity index (χ0v) is 45.5. The van der Waals surface area contributed by atoms with Gasteiger partial charge in [-0.3, -0.25) is 23.3 Å². The predicted molar refractivity (Wildman–Crippen MR) is 264 cm³/mol. The SMILES string of the molecule is CCCCCCCC/C=C\CCCCCCCC(=O)OC[C@H](COP(=O)([O-])O[C@@H]1[C@H](O)[C@H](O)[C@@H](OP(=O)([O-])O)[C@H](OP(=O)([O-])O)[C@H]1O)OC(=O)CCCCCCC/C=C\CCCCCCCC.[NH4+].[NH4+].[NH4+]. The number of allylic oxidation sites excluding steroid dienone is 4. The molecular weight excluding hydrogens is 979 g/mol. The molecule has 1 saturated carbocycles. The molecular formula is C45H94N3O19P3. The van der Waals surface area contributed by atoms with E-state index in [0.717, 1.165) is 77.0 Å². The van der Waals surface area contributed by atoms with Crippen LogP contribution in [0.3, 0.4) is 0 Å². The average molecular weight is 1070 g/mol. The highest BCUT2D eigenvalue weighted by atomic mass is 31.2. The summed E-state index contributed by atoms with van der Waals surface area (Å²) in [4.78, 5) is 79.6. The number of phosphoric acid groups is 3. The zero-order chi connectivity index (χ0) is 50.0. The Hall–Kier alpha value is -1.49. The van der Waals surface area contributed by atoms with Crippen LogP contribution in [0.4, 0.5) is 0 Å². The van der Waals surface area contributed by atoms with Gasteiger partial charge in [0.2, 0.25) is 0 Å². The number of unbranched alkanes of at least 4 members (excludes halogenated alkanes) is 22. The Labute approximate surface area is 417 Å². The number of carbonyl (C=O) groups excluding carboxylic acids is 2. The number of esters is 2. The minimum Gasteiger partial charge on any atom is -0.756 e. The third-order valence-corrected chi connectivity index (χ3v) is 13.2. The van der Waals surface area contributed by atoms with Gasteiger partial charge in [0.1, 0.15) is 43.2 Å². The van der Waals surface area contributed by atoms with Gasteiger partial charge in [0, 0.05) is 12.8 Å². The first kappa shape index (κ1) is 72.8. The van der Waals surface area contributed by atoms with E-state index in [-0.39, 0.29) is 31.3 Å². The summed E-state index contributed by atoms with van der Waals surface area (Å²) in [6.45, 7) is 2.80. The Morgan fingerprint density at radius 2 is 0.829 bits per heavy atom. The molecule has 0 spiro atoms. The highest BCUT2D eigenvalue weighted by molar-refractivity contribution is 7.46. The summed E-state index contributed by atoms with van der Waals surface area (Å²) in [5, 5.41) is 31.7. The Kier molecular flexibility index (Phi) is 44.5. The second-order valence-electron chi connectivity index (χ2n) is 17.3. The number of ether oxygens (including phenoxy) is 2. The van der Waals surface area contributed by atoms with Gasteiger partial charge in [0.15, 0.2) is 6.10 Å². The standard InChI is InChI=1S/C45H85O19P3.3H3N/c1-3-5-7-9-11-13-15-17-19-21-23-25-27-29-31-33-38(46)59-35-37(61-39(47)34-32-30-28-26-24-22-20-18-16-14-12-10-8-6-4-2)36-60-67(57,58)64-43-40(48)41(49)44(62-65(51,52)53)45(42(43)50)63-66(54,55)56;;;/h17-20,37,40-45,48-50H,3-16,21-36H2,1-2H3,(H,57,58)(H2,51,52,53)(H2,54,55,56);3*1H3/b19-17-,20-18-;;;/t37-,40-,41+,42+,43-,44-,45-;;;/m1.../s1. The van der Waals surface area contributed by atoms with Crippen LogP contribution < -0.4 is 33.1 Å². The molecule has 17 N–H and O–H groups in total. The molecule has 0 aromatic carbocycles. The molecule has 25 heteroatoms. The summed E-state index contributed by atoms with van der Waals surface area (Å²) in [5.41, 5.74) is 0. The second kappa shape index (κ2) is 42.8. The average Bonchev–Trinajstić information content (AvgIpc) is 3.25. The number of rotatable bonds is 42. The van der Waals surface area contributed by atoms with Gasteiger partial charge >= 0.3 is 11.9 Å². The fraction of sp³-hybridized carbons (Fsp3) is 0.867. The van der Waals surface area contributed by atoms with E-state index in [0.29, 0.717) is 12.8 Å². The first-order valence-corrected chi connectivity index (χ1v) is 29.0. The minimum atomic E-state index is -5.89. The Balaban J connectivity index is -0.0000150. The largest absolute Gasteiger partial charge is 0.756 e. The van der Waals surface area contributed by atoms with Crippen molar-refractivity contribution in [3.63, 3.8) is 0 Å². The first-order valence-electron chi connectivity index (χ1n) is 24.6. The Morgan fingerprint density at radius 1 is 0.486 bits per heavy atom. The van der Waals surface area contributed by atoms with Gasteiger partial charge in [-0.15, -0.1) is 0 Å². The van der Waals surface area contributed by atoms with Crippen molar-refractivity contribution in [2.45, 2.75) is 236 Å². The Bertz CT molecular complexity index is 1520. The summed E-state index contributed by atoms with van der Waals surface area (Å²) in [6, 6.07) is 0. The van der Waals surface area contributed by atoms with Crippen LogP contribution in [0.15, 0.2) is 24.3 Å². The van der Waals surface area contributed by atoms with E-state index in [1.54, 1.807) is 0 Å². The van der Waals surface area contributed by atoms with Gasteiger partial charge in [-0.1, -0.05) is 141 Å². The van der Waals surface area contributed by atoms with Gasteiger partial charge in [-0.2, -0.15) is 0 Å². The minimum absolute atomic E-state index is 0. The number of phosphoric ester groups is 3. The van der Waals surface area contributed by atoms with Crippen molar-refractivity contribution in [2.24, 2.45) is 0 Å². The molecule has 0 aromatic rings. The molecule has 10 atom stereocenters. The van der Waals surface area contributed by atoms with Crippen molar-refractivity contribution in [1.82, 2.24) is 18.5 Å². The number of carbonyl (C=O) groups is 2. The number of aliphatic hydroxyl groups is 3. The van der Waals surface area contributed by atoms with Crippen LogP contribution in [-0.2, 0) is 50.9 Å². The lowest BCUT2D eigenvalue weighted by Gasteiger charge is -2.47. The number of aliphatic hydroxyl groups excluding tert-OH is 3. The number of quaternary nitrogens is 3. The monoisotopic (exact) mass is 1070 g/mol. The van der Waals surface area contributed by atoms with Gasteiger partial charge in [0.05, 0.1) is 6.61 Å². The molecule has 1 aliphatic carbocycles. The zero-order valence-electron chi connectivity index (χ0n) is 42.9. The molecule has 0 bridgehead atoms. The van der Waals surface area contributed by atoms with Crippen molar-refractivity contribution >= 4 is 35.4 Å². The smallest absolute Gasteiger partial charge is 0.306 e. The van der Waals surface area contributed by atoms with Crippen LogP contribution >= 0.6 is 23.5 Å². The summed E-state index contributed by atoms with van der Waals surface area (Å²) >= 11 is 0. The molecule has 1 fully saturated rings. The highest BCUT2D eigenvalue weighted by Crippen LogP contribution is 2.48. The van der Waals surface area contributed by atoms with Crippen LogP contribution in [-0.4, -0.2) is 93.0 Å². The van der Waals surface area contributed by atoms with E-state index < -0.39 is 91.3 Å². The van der Waals surface area contributed by atoms with Gasteiger partial charge in [0.25, 0.3) is 23.5 Å². The molecule has 418 valence electrons. The highest BCUT2D eigenvalue weighted by Gasteiger charge is 2.54.